The highest BCUT2D eigenvalue weighted by Gasteiger charge is 2.22. The maximum atomic E-state index is 12.4. The summed E-state index contributed by atoms with van der Waals surface area (Å²) in [4.78, 5) is 10.8. The van der Waals surface area contributed by atoms with Crippen LogP contribution in [0.5, 0.6) is 0 Å². The molecule has 1 aromatic heterocycles. The van der Waals surface area contributed by atoms with Gasteiger partial charge in [0.25, 0.3) is 0 Å². The van der Waals surface area contributed by atoms with Gasteiger partial charge in [0.15, 0.2) is 0 Å². The molecule has 0 aliphatic rings. The SMILES string of the molecule is CS(=O)(=O)n1c(-c2ccccc2)c(CCC=O)c2ccccc21. The smallest absolute Gasteiger partial charge is 0.236 e. The van der Waals surface area contributed by atoms with Gasteiger partial charge in [0, 0.05) is 11.8 Å². The Morgan fingerprint density at radius 1 is 1.00 bits per heavy atom. The number of aldehydes is 1. The number of benzene rings is 2. The van der Waals surface area contributed by atoms with Crippen molar-refractivity contribution in [3.8, 4) is 11.3 Å². The normalized spacial score (nSPS) is 11.7. The molecule has 23 heavy (non-hydrogen) atoms. The van der Waals surface area contributed by atoms with Gasteiger partial charge in [0.05, 0.1) is 17.5 Å². The number of rotatable bonds is 5. The monoisotopic (exact) mass is 327 g/mol. The molecular weight excluding hydrogens is 310 g/mol. The van der Waals surface area contributed by atoms with Crippen molar-refractivity contribution in [3.05, 3.63) is 60.2 Å². The van der Waals surface area contributed by atoms with Gasteiger partial charge in [-0.3, -0.25) is 0 Å². The van der Waals surface area contributed by atoms with Crippen LogP contribution in [0.1, 0.15) is 12.0 Å². The lowest BCUT2D eigenvalue weighted by molar-refractivity contribution is -0.107. The molecule has 0 radical (unpaired) electrons. The molecule has 3 aromatic rings. The maximum absolute atomic E-state index is 12.4. The molecule has 0 aliphatic carbocycles. The maximum Gasteiger partial charge on any atom is 0.236 e. The summed E-state index contributed by atoms with van der Waals surface area (Å²) in [6.07, 6.45) is 2.94. The molecule has 5 heteroatoms. The van der Waals surface area contributed by atoms with Crippen LogP contribution < -0.4 is 0 Å². The summed E-state index contributed by atoms with van der Waals surface area (Å²) < 4.78 is 26.2. The Morgan fingerprint density at radius 2 is 1.65 bits per heavy atom. The zero-order valence-corrected chi connectivity index (χ0v) is 13.6. The second-order valence-corrected chi connectivity index (χ2v) is 7.27. The molecule has 0 saturated heterocycles. The third-order valence-corrected chi connectivity index (χ3v) is 4.87. The molecule has 0 aliphatic heterocycles. The van der Waals surface area contributed by atoms with Crippen molar-refractivity contribution in [1.82, 2.24) is 3.97 Å². The van der Waals surface area contributed by atoms with Crippen molar-refractivity contribution >= 4 is 27.2 Å². The average molecular weight is 327 g/mol. The lowest BCUT2D eigenvalue weighted by Gasteiger charge is -2.10. The molecular formula is C18H17NO3S. The van der Waals surface area contributed by atoms with E-state index in [1.165, 1.54) is 10.2 Å². The van der Waals surface area contributed by atoms with Gasteiger partial charge in [-0.05, 0) is 23.6 Å². The molecule has 0 bridgehead atoms. The van der Waals surface area contributed by atoms with Crippen LogP contribution in [0.25, 0.3) is 22.2 Å². The summed E-state index contributed by atoms with van der Waals surface area (Å²) in [5, 5.41) is 0.874. The minimum atomic E-state index is -3.48. The average Bonchev–Trinajstić information content (AvgIpc) is 2.88. The van der Waals surface area contributed by atoms with E-state index in [-0.39, 0.29) is 0 Å². The van der Waals surface area contributed by atoms with Crippen LogP contribution in [-0.2, 0) is 21.2 Å². The minimum absolute atomic E-state index is 0.359. The highest BCUT2D eigenvalue weighted by molar-refractivity contribution is 7.89. The van der Waals surface area contributed by atoms with E-state index in [4.69, 9.17) is 0 Å². The first-order valence-corrected chi connectivity index (χ1v) is 9.21. The van der Waals surface area contributed by atoms with Gasteiger partial charge in [0.1, 0.15) is 6.29 Å². The highest BCUT2D eigenvalue weighted by Crippen LogP contribution is 2.35. The number of hydrogen-bond acceptors (Lipinski definition) is 3. The van der Waals surface area contributed by atoms with E-state index >= 15 is 0 Å². The number of carbonyl (C=O) groups excluding carboxylic acids is 1. The van der Waals surface area contributed by atoms with E-state index in [9.17, 15) is 13.2 Å². The Labute approximate surface area is 135 Å². The summed E-state index contributed by atoms with van der Waals surface area (Å²) in [6, 6.07) is 16.8. The molecule has 0 fully saturated rings. The van der Waals surface area contributed by atoms with Crippen LogP contribution in [0.3, 0.4) is 0 Å². The van der Waals surface area contributed by atoms with Gasteiger partial charge in [-0.15, -0.1) is 0 Å². The van der Waals surface area contributed by atoms with Crippen molar-refractivity contribution in [1.29, 1.82) is 0 Å². The summed E-state index contributed by atoms with van der Waals surface area (Å²) in [6.45, 7) is 0. The summed E-state index contributed by atoms with van der Waals surface area (Å²) in [5.41, 5.74) is 3.02. The third kappa shape index (κ3) is 2.80. The van der Waals surface area contributed by atoms with E-state index < -0.39 is 10.0 Å². The lowest BCUT2D eigenvalue weighted by Crippen LogP contribution is -2.11. The number of aryl methyl sites for hydroxylation is 1. The fourth-order valence-electron chi connectivity index (χ4n) is 2.96. The van der Waals surface area contributed by atoms with E-state index in [1.54, 1.807) is 6.07 Å². The molecule has 0 spiro atoms. The molecule has 0 saturated carbocycles. The summed E-state index contributed by atoms with van der Waals surface area (Å²) in [5.74, 6) is 0. The number of fused-ring (bicyclic) bond motifs is 1. The second kappa shape index (κ2) is 6.01. The van der Waals surface area contributed by atoms with Crippen LogP contribution in [-0.4, -0.2) is 24.9 Å². The molecule has 3 rings (SSSR count). The first-order valence-electron chi connectivity index (χ1n) is 7.36. The van der Waals surface area contributed by atoms with Crippen LogP contribution in [0.2, 0.25) is 0 Å². The second-order valence-electron chi connectivity index (χ2n) is 5.44. The van der Waals surface area contributed by atoms with Gasteiger partial charge in [-0.2, -0.15) is 0 Å². The van der Waals surface area contributed by atoms with E-state index in [1.807, 2.05) is 48.5 Å². The number of hydrogen-bond donors (Lipinski definition) is 0. The molecule has 0 N–H and O–H groups in total. The van der Waals surface area contributed by atoms with Crippen LogP contribution in [0.4, 0.5) is 0 Å². The van der Waals surface area contributed by atoms with Gasteiger partial charge < -0.3 is 4.79 Å². The Bertz CT molecular complexity index is 957. The van der Waals surface area contributed by atoms with Crippen molar-refractivity contribution in [3.63, 3.8) is 0 Å². The predicted octanol–water partition coefficient (Wildman–Crippen LogP) is 3.25. The first kappa shape index (κ1) is 15.5. The van der Waals surface area contributed by atoms with E-state index in [0.717, 1.165) is 22.8 Å². The molecule has 1 heterocycles. The van der Waals surface area contributed by atoms with Gasteiger partial charge in [-0.1, -0.05) is 48.5 Å². The Kier molecular flexibility index (Phi) is 4.05. The third-order valence-electron chi connectivity index (χ3n) is 3.83. The van der Waals surface area contributed by atoms with Gasteiger partial charge in [-0.25, -0.2) is 12.4 Å². The first-order chi connectivity index (χ1) is 11.0. The predicted molar refractivity (Wildman–Crippen MR) is 92.0 cm³/mol. The topological polar surface area (TPSA) is 56.1 Å². The van der Waals surface area contributed by atoms with Gasteiger partial charge >= 0.3 is 0 Å². The number of para-hydroxylation sites is 1. The molecule has 118 valence electrons. The van der Waals surface area contributed by atoms with Crippen molar-refractivity contribution in [2.24, 2.45) is 0 Å². The number of aromatic nitrogens is 1. The highest BCUT2D eigenvalue weighted by atomic mass is 32.2. The quantitative estimate of drug-likeness (QED) is 0.676. The minimum Gasteiger partial charge on any atom is -0.303 e. The zero-order chi connectivity index (χ0) is 16.4. The molecule has 0 atom stereocenters. The Hall–Kier alpha value is -2.40. The van der Waals surface area contributed by atoms with Crippen LogP contribution >= 0.6 is 0 Å². The Balaban J connectivity index is 2.45. The fraction of sp³-hybridized carbons (Fsp3) is 0.167. The van der Waals surface area contributed by atoms with Crippen molar-refractivity contribution < 1.29 is 13.2 Å². The van der Waals surface area contributed by atoms with E-state index in [0.29, 0.717) is 24.1 Å². The summed E-state index contributed by atoms with van der Waals surface area (Å²) in [7, 11) is -3.48. The van der Waals surface area contributed by atoms with Crippen LogP contribution in [0.15, 0.2) is 54.6 Å². The molecule has 2 aromatic carbocycles. The summed E-state index contributed by atoms with van der Waals surface area (Å²) >= 11 is 0. The standard InChI is InChI=1S/C18H17NO3S/c1-23(21,22)19-17-12-6-5-10-15(17)16(11-7-13-20)18(19)14-8-3-2-4-9-14/h2-6,8-10,12-13H,7,11H2,1H3. The lowest BCUT2D eigenvalue weighted by atomic mass is 10.0. The zero-order valence-electron chi connectivity index (χ0n) is 12.8. The van der Waals surface area contributed by atoms with Crippen molar-refractivity contribution in [2.75, 3.05) is 6.26 Å². The Morgan fingerprint density at radius 3 is 2.30 bits per heavy atom. The van der Waals surface area contributed by atoms with Crippen molar-refractivity contribution in [2.45, 2.75) is 12.8 Å². The van der Waals surface area contributed by atoms with Gasteiger partial charge in [0.2, 0.25) is 10.0 Å². The van der Waals surface area contributed by atoms with Crippen LogP contribution in [0, 0.1) is 0 Å². The molecule has 0 unspecified atom stereocenters. The number of nitrogens with zero attached hydrogens (tertiary/aromatic N) is 1. The fourth-order valence-corrected chi connectivity index (χ4v) is 4.03. The van der Waals surface area contributed by atoms with E-state index in [2.05, 4.69) is 0 Å². The molecule has 4 nitrogen and oxygen atoms in total. The molecule has 0 amide bonds. The number of carbonyl (C=O) groups is 1. The largest absolute Gasteiger partial charge is 0.303 e.